The van der Waals surface area contributed by atoms with Gasteiger partial charge in [-0.25, -0.2) is 8.42 Å². The van der Waals surface area contributed by atoms with Crippen LogP contribution in [0.25, 0.3) is 0 Å². The Kier molecular flexibility index (Phi) is 5.73. The third-order valence-corrected chi connectivity index (χ3v) is 5.29. The molecule has 0 spiro atoms. The lowest BCUT2D eigenvalue weighted by atomic mass is 10.1. The highest BCUT2D eigenvalue weighted by Gasteiger charge is 2.14. The van der Waals surface area contributed by atoms with Gasteiger partial charge in [-0.2, -0.15) is 0 Å². The lowest BCUT2D eigenvalue weighted by Crippen LogP contribution is -2.15. The van der Waals surface area contributed by atoms with Crippen molar-refractivity contribution in [3.8, 4) is 0 Å². The summed E-state index contributed by atoms with van der Waals surface area (Å²) in [6, 6.07) is 16.2. The number of halogens is 1. The number of hydrogen-bond donors (Lipinski definition) is 2. The summed E-state index contributed by atoms with van der Waals surface area (Å²) in [5.74, 6) is -0.207. The molecule has 0 unspecified atom stereocenters. The van der Waals surface area contributed by atoms with Gasteiger partial charge in [-0.3, -0.25) is 14.5 Å². The summed E-state index contributed by atoms with van der Waals surface area (Å²) in [7, 11) is -3.73. The fraction of sp³-hybridized carbons (Fsp3) is 0.0526. The van der Waals surface area contributed by atoms with Gasteiger partial charge in [0, 0.05) is 16.9 Å². The number of nitrogens with zero attached hydrogens (tertiary/aromatic N) is 1. The molecule has 1 heterocycles. The zero-order chi connectivity index (χ0) is 19.3. The molecule has 0 aliphatic carbocycles. The van der Waals surface area contributed by atoms with Gasteiger partial charge in [0.1, 0.15) is 0 Å². The molecule has 0 atom stereocenters. The summed E-state index contributed by atoms with van der Waals surface area (Å²) in [6.45, 7) is 0. The number of benzene rings is 2. The molecule has 2 aromatic carbocycles. The average molecular weight is 402 g/mol. The molecule has 0 radical (unpaired) electrons. The summed E-state index contributed by atoms with van der Waals surface area (Å²) < 4.78 is 27.2. The maximum atomic E-state index is 12.4. The van der Waals surface area contributed by atoms with Crippen LogP contribution in [-0.4, -0.2) is 19.3 Å². The number of rotatable bonds is 6. The molecule has 0 bridgehead atoms. The predicted molar refractivity (Wildman–Crippen MR) is 105 cm³/mol. The van der Waals surface area contributed by atoms with Crippen LogP contribution < -0.4 is 10.0 Å². The Balaban J connectivity index is 1.64. The van der Waals surface area contributed by atoms with Crippen LogP contribution in [0.15, 0.2) is 78.0 Å². The Labute approximate surface area is 162 Å². The zero-order valence-corrected chi connectivity index (χ0v) is 15.7. The Bertz CT molecular complexity index is 1020. The Hall–Kier alpha value is -2.90. The number of anilines is 2. The molecule has 27 heavy (non-hydrogen) atoms. The molecule has 0 aliphatic heterocycles. The summed E-state index contributed by atoms with van der Waals surface area (Å²) in [6.07, 6.45) is 3.17. The van der Waals surface area contributed by atoms with Gasteiger partial charge in [-0.15, -0.1) is 0 Å². The van der Waals surface area contributed by atoms with Crippen molar-refractivity contribution in [1.29, 1.82) is 0 Å². The maximum Gasteiger partial charge on any atom is 0.261 e. The van der Waals surface area contributed by atoms with Gasteiger partial charge < -0.3 is 5.32 Å². The molecule has 1 amide bonds. The highest BCUT2D eigenvalue weighted by Crippen LogP contribution is 2.18. The summed E-state index contributed by atoms with van der Waals surface area (Å²) in [5.41, 5.74) is 1.71. The maximum absolute atomic E-state index is 12.4. The number of aromatic nitrogens is 1. The zero-order valence-electron chi connectivity index (χ0n) is 14.1. The molecule has 8 heteroatoms. The van der Waals surface area contributed by atoms with Crippen LogP contribution >= 0.6 is 11.6 Å². The second kappa shape index (κ2) is 8.20. The number of pyridine rings is 1. The minimum Gasteiger partial charge on any atom is -0.326 e. The summed E-state index contributed by atoms with van der Waals surface area (Å²) >= 11 is 5.82. The van der Waals surface area contributed by atoms with E-state index in [0.29, 0.717) is 16.4 Å². The van der Waals surface area contributed by atoms with Gasteiger partial charge in [0.25, 0.3) is 10.0 Å². The number of amides is 1. The fourth-order valence-electron chi connectivity index (χ4n) is 2.35. The minimum absolute atomic E-state index is 0.0852. The van der Waals surface area contributed by atoms with E-state index in [1.54, 1.807) is 42.6 Å². The Morgan fingerprint density at radius 1 is 0.963 bits per heavy atom. The topological polar surface area (TPSA) is 88.2 Å². The van der Waals surface area contributed by atoms with Crippen LogP contribution in [0.2, 0.25) is 5.02 Å². The molecule has 0 aliphatic rings. The Morgan fingerprint density at radius 2 is 1.67 bits per heavy atom. The van der Waals surface area contributed by atoms with Gasteiger partial charge in [0.15, 0.2) is 0 Å². The Morgan fingerprint density at radius 3 is 2.30 bits per heavy atom. The summed E-state index contributed by atoms with van der Waals surface area (Å²) in [5, 5.41) is 3.34. The first kappa shape index (κ1) is 18.9. The van der Waals surface area contributed by atoms with Crippen LogP contribution in [0.4, 0.5) is 11.4 Å². The highest BCUT2D eigenvalue weighted by molar-refractivity contribution is 7.92. The normalized spacial score (nSPS) is 11.0. The standard InChI is InChI=1S/C19H16ClN3O3S/c20-15-5-3-14(4-6-15)12-19(24)22-16-7-9-18(10-8-16)27(25,26)23-17-2-1-11-21-13-17/h1-11,13,23H,12H2,(H,22,24). The van der Waals surface area contributed by atoms with E-state index in [9.17, 15) is 13.2 Å². The van der Waals surface area contributed by atoms with Gasteiger partial charge in [0.2, 0.25) is 5.91 Å². The average Bonchev–Trinajstić information content (AvgIpc) is 2.64. The molecule has 138 valence electrons. The number of carbonyl (C=O) groups excluding carboxylic acids is 1. The van der Waals surface area contributed by atoms with E-state index < -0.39 is 10.0 Å². The van der Waals surface area contributed by atoms with Crippen molar-refractivity contribution in [3.05, 3.63) is 83.6 Å². The van der Waals surface area contributed by atoms with Crippen molar-refractivity contribution in [2.24, 2.45) is 0 Å². The fourth-order valence-corrected chi connectivity index (χ4v) is 3.52. The van der Waals surface area contributed by atoms with Crippen LogP contribution in [-0.2, 0) is 21.2 Å². The van der Waals surface area contributed by atoms with Crippen molar-refractivity contribution in [1.82, 2.24) is 4.98 Å². The second-order valence-corrected chi connectivity index (χ2v) is 7.84. The number of hydrogen-bond acceptors (Lipinski definition) is 4. The van der Waals surface area contributed by atoms with Crippen molar-refractivity contribution in [3.63, 3.8) is 0 Å². The largest absolute Gasteiger partial charge is 0.326 e. The smallest absolute Gasteiger partial charge is 0.261 e. The van der Waals surface area contributed by atoms with Crippen molar-refractivity contribution in [2.45, 2.75) is 11.3 Å². The van der Waals surface area contributed by atoms with E-state index in [1.165, 1.54) is 30.5 Å². The molecule has 3 aromatic rings. The second-order valence-electron chi connectivity index (χ2n) is 5.72. The molecule has 0 saturated heterocycles. The van der Waals surface area contributed by atoms with Crippen LogP contribution in [0.5, 0.6) is 0 Å². The molecule has 0 saturated carbocycles. The van der Waals surface area contributed by atoms with Crippen LogP contribution in [0, 0.1) is 0 Å². The molecular weight excluding hydrogens is 386 g/mol. The van der Waals surface area contributed by atoms with Gasteiger partial charge >= 0.3 is 0 Å². The molecular formula is C19H16ClN3O3S. The van der Waals surface area contributed by atoms with E-state index in [-0.39, 0.29) is 17.2 Å². The first-order valence-corrected chi connectivity index (χ1v) is 9.86. The third-order valence-electron chi connectivity index (χ3n) is 3.64. The minimum atomic E-state index is -3.73. The molecule has 6 nitrogen and oxygen atoms in total. The lowest BCUT2D eigenvalue weighted by molar-refractivity contribution is -0.115. The third kappa shape index (κ3) is 5.29. The van der Waals surface area contributed by atoms with Crippen LogP contribution in [0.3, 0.4) is 0 Å². The molecule has 2 N–H and O–H groups in total. The van der Waals surface area contributed by atoms with Crippen LogP contribution in [0.1, 0.15) is 5.56 Å². The molecule has 0 fully saturated rings. The monoisotopic (exact) mass is 401 g/mol. The lowest BCUT2D eigenvalue weighted by Gasteiger charge is -2.09. The SMILES string of the molecule is O=C(Cc1ccc(Cl)cc1)Nc1ccc(S(=O)(=O)Nc2cccnc2)cc1. The van der Waals surface area contributed by atoms with Gasteiger partial charge in [-0.05, 0) is 54.1 Å². The van der Waals surface area contributed by atoms with E-state index in [1.807, 2.05) is 0 Å². The summed E-state index contributed by atoms with van der Waals surface area (Å²) in [4.78, 5) is 16.1. The number of sulfonamides is 1. The van der Waals surface area contributed by atoms with Crippen molar-refractivity contribution in [2.75, 3.05) is 10.0 Å². The van der Waals surface area contributed by atoms with Gasteiger partial charge in [-0.1, -0.05) is 23.7 Å². The van der Waals surface area contributed by atoms with E-state index >= 15 is 0 Å². The predicted octanol–water partition coefficient (Wildman–Crippen LogP) is 3.72. The van der Waals surface area contributed by atoms with E-state index in [4.69, 9.17) is 11.6 Å². The van der Waals surface area contributed by atoms with Gasteiger partial charge in [0.05, 0.1) is 23.2 Å². The quantitative estimate of drug-likeness (QED) is 0.658. The van der Waals surface area contributed by atoms with Crippen molar-refractivity contribution < 1.29 is 13.2 Å². The highest BCUT2D eigenvalue weighted by atomic mass is 35.5. The molecule has 3 rings (SSSR count). The van der Waals surface area contributed by atoms with Crippen molar-refractivity contribution >= 4 is 38.9 Å². The molecule has 1 aromatic heterocycles. The number of nitrogens with one attached hydrogen (secondary N) is 2. The first-order chi connectivity index (χ1) is 12.9. The number of carbonyl (C=O) groups is 1. The van der Waals surface area contributed by atoms with E-state index in [0.717, 1.165) is 5.56 Å². The van der Waals surface area contributed by atoms with E-state index in [2.05, 4.69) is 15.0 Å². The first-order valence-electron chi connectivity index (χ1n) is 7.99.